The molecule has 0 fully saturated rings. The van der Waals surface area contributed by atoms with Gasteiger partial charge in [-0.3, -0.25) is 4.72 Å². The summed E-state index contributed by atoms with van der Waals surface area (Å²) in [6.45, 7) is 0. The highest BCUT2D eigenvalue weighted by Crippen LogP contribution is 2.29. The minimum atomic E-state index is -5.08. The van der Waals surface area contributed by atoms with Gasteiger partial charge in [0.1, 0.15) is 22.2 Å². The molecule has 2 aromatic rings. The van der Waals surface area contributed by atoms with E-state index in [1.807, 2.05) is 0 Å². The summed E-state index contributed by atoms with van der Waals surface area (Å²) in [5.41, 5.74) is -1.88. The quantitative estimate of drug-likeness (QED) is 0.518. The first-order valence-corrected chi connectivity index (χ1v) is 7.04. The van der Waals surface area contributed by atoms with E-state index in [0.29, 0.717) is 12.1 Å². The number of hydrogen-bond acceptors (Lipinski definition) is 2. The molecule has 0 amide bonds. The molecule has 0 radical (unpaired) electrons. The summed E-state index contributed by atoms with van der Waals surface area (Å²) >= 11 is 0. The lowest BCUT2D eigenvalue weighted by Crippen LogP contribution is -2.18. The zero-order chi connectivity index (χ0) is 17.5. The Morgan fingerprint density at radius 1 is 0.739 bits per heavy atom. The van der Waals surface area contributed by atoms with Crippen molar-refractivity contribution in [2.75, 3.05) is 4.72 Å². The molecule has 124 valence electrons. The molecule has 0 aliphatic heterocycles. The third-order valence-corrected chi connectivity index (χ3v) is 4.01. The van der Waals surface area contributed by atoms with Crippen LogP contribution < -0.4 is 4.72 Å². The van der Waals surface area contributed by atoms with E-state index in [2.05, 4.69) is 0 Å². The van der Waals surface area contributed by atoms with E-state index < -0.39 is 61.3 Å². The average Bonchev–Trinajstić information content (AvgIpc) is 2.47. The van der Waals surface area contributed by atoms with E-state index in [0.717, 1.165) is 4.72 Å². The summed E-state index contributed by atoms with van der Waals surface area (Å²) in [6, 6.07) is 1.10. The minimum absolute atomic E-state index is 0.160. The van der Waals surface area contributed by atoms with Crippen LogP contribution >= 0.6 is 0 Å². The highest BCUT2D eigenvalue weighted by molar-refractivity contribution is 7.92. The molecule has 2 aromatic carbocycles. The van der Waals surface area contributed by atoms with Crippen molar-refractivity contribution >= 4 is 15.7 Å². The van der Waals surface area contributed by atoms with Crippen molar-refractivity contribution in [3.63, 3.8) is 0 Å². The summed E-state index contributed by atoms with van der Waals surface area (Å²) in [5.74, 6) is -14.9. The van der Waals surface area contributed by atoms with Crippen LogP contribution in [0.4, 0.5) is 36.4 Å². The van der Waals surface area contributed by atoms with Gasteiger partial charge in [-0.25, -0.2) is 39.2 Å². The van der Waals surface area contributed by atoms with Gasteiger partial charge in [-0.2, -0.15) is 0 Å². The van der Waals surface area contributed by atoms with Crippen LogP contribution in [0.5, 0.6) is 0 Å². The molecular formula is C12H4F7NO2S. The first-order chi connectivity index (χ1) is 10.6. The molecule has 0 aliphatic rings. The second kappa shape index (κ2) is 5.72. The van der Waals surface area contributed by atoms with Gasteiger partial charge in [0, 0.05) is 6.07 Å². The van der Waals surface area contributed by atoms with E-state index in [4.69, 9.17) is 0 Å². The standard InChI is InChI=1S/C12H4F7NO2S/c13-4-1-2-6(5(14)3-4)23(21,22)20-12-10(18)8(16)7(15)9(17)11(12)19/h1-3,20H. The van der Waals surface area contributed by atoms with Crippen LogP contribution in [0.3, 0.4) is 0 Å². The molecule has 23 heavy (non-hydrogen) atoms. The Kier molecular flexibility index (Phi) is 4.24. The zero-order valence-electron chi connectivity index (χ0n) is 10.6. The second-order valence-electron chi connectivity index (χ2n) is 4.13. The molecular weight excluding hydrogens is 355 g/mol. The Balaban J connectivity index is 2.58. The van der Waals surface area contributed by atoms with Crippen LogP contribution in [0.25, 0.3) is 0 Å². The summed E-state index contributed by atoms with van der Waals surface area (Å²) in [5, 5.41) is 0. The van der Waals surface area contributed by atoms with Gasteiger partial charge in [-0.1, -0.05) is 0 Å². The first kappa shape index (κ1) is 17.1. The lowest BCUT2D eigenvalue weighted by molar-refractivity contribution is 0.382. The Bertz CT molecular complexity index is 870. The Morgan fingerprint density at radius 2 is 1.22 bits per heavy atom. The van der Waals surface area contributed by atoms with Crippen molar-refractivity contribution in [2.24, 2.45) is 0 Å². The van der Waals surface area contributed by atoms with Gasteiger partial charge in [0.15, 0.2) is 23.3 Å². The summed E-state index contributed by atoms with van der Waals surface area (Å²) in [4.78, 5) is -1.25. The van der Waals surface area contributed by atoms with Crippen molar-refractivity contribution in [1.82, 2.24) is 0 Å². The van der Waals surface area contributed by atoms with Crippen LogP contribution in [0, 0.1) is 40.7 Å². The maximum atomic E-state index is 13.4. The maximum absolute atomic E-state index is 13.4. The molecule has 0 heterocycles. The Morgan fingerprint density at radius 3 is 1.70 bits per heavy atom. The Labute approximate surface area is 124 Å². The normalized spacial score (nSPS) is 11.6. The summed E-state index contributed by atoms with van der Waals surface area (Å²) < 4.78 is 116. The molecule has 11 heteroatoms. The van der Waals surface area contributed by atoms with Crippen LogP contribution in [0.15, 0.2) is 23.1 Å². The lowest BCUT2D eigenvalue weighted by atomic mass is 10.2. The van der Waals surface area contributed by atoms with Crippen LogP contribution in [-0.2, 0) is 10.0 Å². The van der Waals surface area contributed by atoms with Crippen LogP contribution in [0.1, 0.15) is 0 Å². The zero-order valence-corrected chi connectivity index (χ0v) is 11.4. The number of benzene rings is 2. The fourth-order valence-corrected chi connectivity index (χ4v) is 2.70. The smallest absolute Gasteiger partial charge is 0.265 e. The van der Waals surface area contributed by atoms with Crippen molar-refractivity contribution in [2.45, 2.75) is 4.90 Å². The SMILES string of the molecule is O=S(=O)(Nc1c(F)c(F)c(F)c(F)c1F)c1ccc(F)cc1F. The van der Waals surface area contributed by atoms with E-state index in [1.165, 1.54) is 0 Å². The van der Waals surface area contributed by atoms with Crippen molar-refractivity contribution in [3.8, 4) is 0 Å². The highest BCUT2D eigenvalue weighted by Gasteiger charge is 2.30. The molecule has 0 bridgehead atoms. The molecule has 0 atom stereocenters. The number of nitrogens with one attached hydrogen (secondary N) is 1. The minimum Gasteiger partial charge on any atom is -0.274 e. The van der Waals surface area contributed by atoms with Gasteiger partial charge < -0.3 is 0 Å². The molecule has 3 nitrogen and oxygen atoms in total. The van der Waals surface area contributed by atoms with Crippen molar-refractivity contribution in [3.05, 3.63) is 58.9 Å². The van der Waals surface area contributed by atoms with Crippen LogP contribution in [0.2, 0.25) is 0 Å². The number of rotatable bonds is 3. The van der Waals surface area contributed by atoms with Gasteiger partial charge in [-0.15, -0.1) is 0 Å². The average molecular weight is 359 g/mol. The predicted molar refractivity (Wildman–Crippen MR) is 63.4 cm³/mol. The molecule has 0 aliphatic carbocycles. The molecule has 1 N–H and O–H groups in total. The summed E-state index contributed by atoms with van der Waals surface area (Å²) in [7, 11) is -5.08. The lowest BCUT2D eigenvalue weighted by Gasteiger charge is -2.12. The predicted octanol–water partition coefficient (Wildman–Crippen LogP) is 3.46. The third-order valence-electron chi connectivity index (χ3n) is 2.63. The summed E-state index contributed by atoms with van der Waals surface area (Å²) in [6.07, 6.45) is 0. The number of sulfonamides is 1. The topological polar surface area (TPSA) is 46.2 Å². The van der Waals surface area contributed by atoms with E-state index >= 15 is 0 Å². The van der Waals surface area contributed by atoms with Crippen molar-refractivity contribution in [1.29, 1.82) is 0 Å². The Hall–Kier alpha value is -2.30. The van der Waals surface area contributed by atoms with Gasteiger partial charge >= 0.3 is 0 Å². The van der Waals surface area contributed by atoms with Gasteiger partial charge in [0.2, 0.25) is 5.82 Å². The molecule has 0 unspecified atom stereocenters. The largest absolute Gasteiger partial charge is 0.274 e. The molecule has 0 aromatic heterocycles. The van der Waals surface area contributed by atoms with Crippen molar-refractivity contribution < 1.29 is 39.2 Å². The van der Waals surface area contributed by atoms with Gasteiger partial charge in [-0.05, 0) is 12.1 Å². The van der Waals surface area contributed by atoms with Gasteiger partial charge in [0.05, 0.1) is 0 Å². The fourth-order valence-electron chi connectivity index (χ4n) is 1.58. The van der Waals surface area contributed by atoms with E-state index in [9.17, 15) is 39.2 Å². The number of anilines is 1. The molecule has 0 spiro atoms. The number of halogens is 7. The second-order valence-corrected chi connectivity index (χ2v) is 5.78. The third kappa shape index (κ3) is 2.96. The van der Waals surface area contributed by atoms with Gasteiger partial charge in [0.25, 0.3) is 10.0 Å². The van der Waals surface area contributed by atoms with E-state index in [-0.39, 0.29) is 6.07 Å². The number of hydrogen-bond donors (Lipinski definition) is 1. The molecule has 0 saturated heterocycles. The monoisotopic (exact) mass is 359 g/mol. The van der Waals surface area contributed by atoms with Crippen LogP contribution in [-0.4, -0.2) is 8.42 Å². The van der Waals surface area contributed by atoms with E-state index in [1.54, 1.807) is 0 Å². The molecule has 2 rings (SSSR count). The molecule has 0 saturated carbocycles. The highest BCUT2D eigenvalue weighted by atomic mass is 32.2. The fraction of sp³-hybridized carbons (Fsp3) is 0. The maximum Gasteiger partial charge on any atom is 0.265 e. The first-order valence-electron chi connectivity index (χ1n) is 5.55.